The van der Waals surface area contributed by atoms with Crippen LogP contribution in [0.2, 0.25) is 0 Å². The van der Waals surface area contributed by atoms with Crippen LogP contribution in [0, 0.1) is 0 Å². The Hall–Kier alpha value is -1.87. The summed E-state index contributed by atoms with van der Waals surface area (Å²) in [6, 6.07) is 8.59. The second kappa shape index (κ2) is 14.2. The second-order valence-corrected chi connectivity index (χ2v) is 8.92. The molecule has 2 rings (SSSR count). The van der Waals surface area contributed by atoms with Crippen molar-refractivity contribution in [1.82, 2.24) is 4.57 Å². The molecule has 0 spiro atoms. The number of fused-ring (bicyclic) bond motifs is 1. The molecule has 170 valence electrons. The smallest absolute Gasteiger partial charge is 0.244 e. The summed E-state index contributed by atoms with van der Waals surface area (Å²) in [6.07, 6.45) is 18.7. The van der Waals surface area contributed by atoms with Crippen molar-refractivity contribution in [2.45, 2.75) is 79.7 Å². The van der Waals surface area contributed by atoms with Crippen LogP contribution >= 0.6 is 0 Å². The number of imidazole rings is 1. The molecule has 2 aromatic rings. The van der Waals surface area contributed by atoms with Gasteiger partial charge in [0.05, 0.1) is 7.05 Å². The van der Waals surface area contributed by atoms with Crippen LogP contribution in [-0.4, -0.2) is 4.57 Å². The minimum atomic E-state index is 0. The maximum atomic E-state index is 2.43. The molecule has 0 N–H and O–H groups in total. The van der Waals surface area contributed by atoms with Crippen LogP contribution in [0.4, 0.5) is 0 Å². The number of allylic oxidation sites excluding steroid dienone is 8. The standard InChI is InChI=1S/C28H41N2.BrH/c1-23(2)12-9-13-24(3)14-10-15-25(4)16-11-17-26(5)20-21-30-22-29(6)27-18-7-8-19-28(27)30;/h7-8,12,14,16,18-20,22H,9-11,13,15,17,21H2,1-6H3;1H/q+1;/p-1/b24-14+,25-16+,26-20+;. The third-order valence-corrected chi connectivity index (χ3v) is 5.67. The van der Waals surface area contributed by atoms with Crippen LogP contribution in [-0.2, 0) is 13.6 Å². The predicted octanol–water partition coefficient (Wildman–Crippen LogP) is 4.62. The molecule has 31 heavy (non-hydrogen) atoms. The molecule has 0 atom stereocenters. The molecule has 3 heteroatoms. The fourth-order valence-electron chi connectivity index (χ4n) is 3.73. The van der Waals surface area contributed by atoms with Crippen molar-refractivity contribution >= 4 is 11.0 Å². The van der Waals surface area contributed by atoms with E-state index in [1.165, 1.54) is 52.6 Å². The first-order valence-corrected chi connectivity index (χ1v) is 11.4. The highest BCUT2D eigenvalue weighted by Gasteiger charge is 2.10. The maximum Gasteiger partial charge on any atom is 0.244 e. The lowest BCUT2D eigenvalue weighted by Gasteiger charge is -2.02. The first-order valence-electron chi connectivity index (χ1n) is 11.4. The molecule has 2 nitrogen and oxygen atoms in total. The van der Waals surface area contributed by atoms with Gasteiger partial charge in [-0.15, -0.1) is 0 Å². The predicted molar refractivity (Wildman–Crippen MR) is 132 cm³/mol. The monoisotopic (exact) mass is 484 g/mol. The Labute approximate surface area is 200 Å². The van der Waals surface area contributed by atoms with E-state index in [4.69, 9.17) is 0 Å². The maximum absolute atomic E-state index is 2.43. The fourth-order valence-corrected chi connectivity index (χ4v) is 3.73. The summed E-state index contributed by atoms with van der Waals surface area (Å²) in [5.41, 5.74) is 8.49. The summed E-state index contributed by atoms with van der Waals surface area (Å²) in [7, 11) is 2.11. The third kappa shape index (κ3) is 9.86. The molecular weight excluding hydrogens is 444 g/mol. The average Bonchev–Trinajstić information content (AvgIpc) is 3.02. The number of aromatic nitrogens is 2. The molecule has 0 amide bonds. The minimum absolute atomic E-state index is 0. The largest absolute Gasteiger partial charge is 1.00 e. The van der Waals surface area contributed by atoms with Crippen LogP contribution in [0.1, 0.15) is 73.1 Å². The highest BCUT2D eigenvalue weighted by molar-refractivity contribution is 5.71. The van der Waals surface area contributed by atoms with Gasteiger partial charge in [0.2, 0.25) is 6.33 Å². The number of hydrogen-bond donors (Lipinski definition) is 0. The van der Waals surface area contributed by atoms with Gasteiger partial charge in [-0.3, -0.25) is 0 Å². The summed E-state index contributed by atoms with van der Waals surface area (Å²) in [4.78, 5) is 0. The zero-order valence-corrected chi connectivity index (χ0v) is 22.0. The molecular formula is C28H41BrN2. The summed E-state index contributed by atoms with van der Waals surface area (Å²) in [6.45, 7) is 12.1. The average molecular weight is 486 g/mol. The summed E-state index contributed by atoms with van der Waals surface area (Å²) >= 11 is 0. The molecule has 0 aliphatic heterocycles. The number of benzene rings is 1. The molecule has 0 fully saturated rings. The zero-order chi connectivity index (χ0) is 21.9. The number of nitrogens with zero attached hydrogens (tertiary/aromatic N) is 2. The van der Waals surface area contributed by atoms with E-state index in [1.54, 1.807) is 0 Å². The van der Waals surface area contributed by atoms with E-state index in [1.807, 2.05) is 0 Å². The van der Waals surface area contributed by atoms with Gasteiger partial charge in [0.25, 0.3) is 0 Å². The van der Waals surface area contributed by atoms with Gasteiger partial charge >= 0.3 is 0 Å². The Balaban J connectivity index is 0.00000480. The highest BCUT2D eigenvalue weighted by atomic mass is 79.9. The lowest BCUT2D eigenvalue weighted by atomic mass is 10.0. The van der Waals surface area contributed by atoms with Crippen molar-refractivity contribution in [3.05, 3.63) is 77.2 Å². The van der Waals surface area contributed by atoms with Crippen molar-refractivity contribution in [3.8, 4) is 0 Å². The van der Waals surface area contributed by atoms with Gasteiger partial charge < -0.3 is 17.0 Å². The number of aryl methyl sites for hydroxylation is 1. The molecule has 0 saturated carbocycles. The summed E-state index contributed by atoms with van der Waals surface area (Å²) in [5, 5.41) is 0. The highest BCUT2D eigenvalue weighted by Crippen LogP contribution is 2.15. The molecule has 0 unspecified atom stereocenters. The lowest BCUT2D eigenvalue weighted by Crippen LogP contribution is -3.00. The molecule has 1 heterocycles. The van der Waals surface area contributed by atoms with E-state index in [0.29, 0.717) is 0 Å². The number of para-hydroxylation sites is 2. The van der Waals surface area contributed by atoms with Gasteiger partial charge in [0.1, 0.15) is 6.54 Å². The first-order chi connectivity index (χ1) is 14.4. The summed E-state index contributed by atoms with van der Waals surface area (Å²) < 4.78 is 4.52. The minimum Gasteiger partial charge on any atom is -1.00 e. The van der Waals surface area contributed by atoms with E-state index < -0.39 is 0 Å². The molecule has 0 radical (unpaired) electrons. The van der Waals surface area contributed by atoms with E-state index >= 15 is 0 Å². The molecule has 1 aromatic carbocycles. The van der Waals surface area contributed by atoms with Crippen LogP contribution in [0.3, 0.4) is 0 Å². The van der Waals surface area contributed by atoms with Crippen LogP contribution in [0.25, 0.3) is 11.0 Å². The van der Waals surface area contributed by atoms with Crippen molar-refractivity contribution in [2.75, 3.05) is 0 Å². The summed E-state index contributed by atoms with van der Waals surface area (Å²) in [5.74, 6) is 0. The molecule has 0 aliphatic carbocycles. The van der Waals surface area contributed by atoms with Crippen molar-refractivity contribution in [2.24, 2.45) is 7.05 Å². The van der Waals surface area contributed by atoms with E-state index in [0.717, 1.165) is 25.8 Å². The van der Waals surface area contributed by atoms with Gasteiger partial charge in [-0.1, -0.05) is 52.7 Å². The fraction of sp³-hybridized carbons (Fsp3) is 0.464. The SMILES string of the molecule is CC(C)=CCC/C(C)=C/CC/C(C)=C/CC/C(C)=C/Cn1c[n+](C)c2ccccc21.[Br-]. The molecule has 0 aliphatic rings. The number of halogens is 1. The van der Waals surface area contributed by atoms with Gasteiger partial charge in [-0.2, -0.15) is 0 Å². The Morgan fingerprint density at radius 3 is 1.87 bits per heavy atom. The lowest BCUT2D eigenvalue weighted by molar-refractivity contribution is -0.645. The molecule has 0 saturated heterocycles. The Morgan fingerprint density at radius 2 is 1.29 bits per heavy atom. The van der Waals surface area contributed by atoms with Crippen molar-refractivity contribution in [1.29, 1.82) is 0 Å². The van der Waals surface area contributed by atoms with Crippen LogP contribution in [0.15, 0.2) is 77.2 Å². The normalized spacial score (nSPS) is 12.8. The van der Waals surface area contributed by atoms with Crippen molar-refractivity contribution in [3.63, 3.8) is 0 Å². The van der Waals surface area contributed by atoms with Gasteiger partial charge in [-0.25, -0.2) is 9.13 Å². The molecule has 0 bridgehead atoms. The van der Waals surface area contributed by atoms with Gasteiger partial charge in [-0.05, 0) is 91.4 Å². The molecule has 1 aromatic heterocycles. The van der Waals surface area contributed by atoms with Crippen LogP contribution in [0.5, 0.6) is 0 Å². The zero-order valence-electron chi connectivity index (χ0n) is 20.4. The topological polar surface area (TPSA) is 8.81 Å². The second-order valence-electron chi connectivity index (χ2n) is 8.92. The van der Waals surface area contributed by atoms with E-state index in [2.05, 4.69) is 106 Å². The van der Waals surface area contributed by atoms with E-state index in [-0.39, 0.29) is 17.0 Å². The van der Waals surface area contributed by atoms with E-state index in [9.17, 15) is 0 Å². The van der Waals surface area contributed by atoms with Crippen molar-refractivity contribution < 1.29 is 21.5 Å². The van der Waals surface area contributed by atoms with Gasteiger partial charge in [0, 0.05) is 0 Å². The number of rotatable bonds is 11. The Kier molecular flexibility index (Phi) is 12.5. The number of hydrogen-bond acceptors (Lipinski definition) is 0. The Bertz CT molecular complexity index is 937. The first kappa shape index (κ1) is 27.2. The quantitative estimate of drug-likeness (QED) is 0.325. The van der Waals surface area contributed by atoms with Gasteiger partial charge in [0.15, 0.2) is 11.0 Å². The Morgan fingerprint density at radius 1 is 0.774 bits per heavy atom. The van der Waals surface area contributed by atoms with Crippen LogP contribution < -0.4 is 21.5 Å². The third-order valence-electron chi connectivity index (χ3n) is 5.67.